The fourth-order valence-electron chi connectivity index (χ4n) is 4.20. The van der Waals surface area contributed by atoms with E-state index < -0.39 is 0 Å². The number of hydrogen-bond donors (Lipinski definition) is 3. The van der Waals surface area contributed by atoms with Crippen molar-refractivity contribution < 1.29 is 14.4 Å². The Labute approximate surface area is 238 Å². The number of halogens is 2. The molecule has 9 nitrogen and oxygen atoms in total. The lowest BCUT2D eigenvalue weighted by atomic mass is 10.1. The van der Waals surface area contributed by atoms with E-state index in [4.69, 9.17) is 0 Å². The number of fused-ring (bicyclic) bond motifs is 1. The van der Waals surface area contributed by atoms with Gasteiger partial charge in [-0.2, -0.15) is 0 Å². The second kappa shape index (κ2) is 15.5. The van der Waals surface area contributed by atoms with Gasteiger partial charge in [-0.1, -0.05) is 44.2 Å². The monoisotopic (exact) mass is 566 g/mol. The standard InChI is InChI=1S/C27H38N6O3.2ClH/c1-19(2)28-12-13-29-26(35)17-32(25-14-24(30-21(4)34)11-10-20(25)3)18-27(36)31(5)33-15-22-8-6-7-9-23(22)16-33;;/h6-11,14,19,28H,12-13,15-18H2,1-5H3,(H,29,35)(H,30,34);2*1H. The average Bonchev–Trinajstić information content (AvgIpc) is 3.26. The van der Waals surface area contributed by atoms with Crippen LogP contribution >= 0.6 is 24.8 Å². The Hall–Kier alpha value is -2.85. The second-order valence-corrected chi connectivity index (χ2v) is 9.51. The van der Waals surface area contributed by atoms with Crippen LogP contribution in [0.25, 0.3) is 0 Å². The molecule has 3 amide bonds. The summed E-state index contributed by atoms with van der Waals surface area (Å²) in [5.74, 6) is -0.480. The summed E-state index contributed by atoms with van der Waals surface area (Å²) in [4.78, 5) is 39.6. The van der Waals surface area contributed by atoms with Crippen LogP contribution < -0.4 is 20.9 Å². The smallest absolute Gasteiger partial charge is 0.256 e. The molecule has 11 heteroatoms. The number of anilines is 2. The number of benzene rings is 2. The number of likely N-dealkylation sites (N-methyl/N-ethyl adjacent to an activating group) is 1. The maximum Gasteiger partial charge on any atom is 0.256 e. The van der Waals surface area contributed by atoms with Crippen molar-refractivity contribution in [2.75, 3.05) is 43.4 Å². The minimum Gasteiger partial charge on any atom is -0.353 e. The van der Waals surface area contributed by atoms with Crippen LogP contribution in [-0.4, -0.2) is 67.0 Å². The lowest BCUT2D eigenvalue weighted by molar-refractivity contribution is -0.145. The van der Waals surface area contributed by atoms with Crippen molar-refractivity contribution in [3.8, 4) is 0 Å². The molecule has 1 heterocycles. The summed E-state index contributed by atoms with van der Waals surface area (Å²) in [6.07, 6.45) is 0. The third kappa shape index (κ3) is 9.47. The molecule has 2 aromatic carbocycles. The highest BCUT2D eigenvalue weighted by Gasteiger charge is 2.27. The number of carbonyl (C=O) groups excluding carboxylic acids is 3. The first-order valence-electron chi connectivity index (χ1n) is 12.4. The summed E-state index contributed by atoms with van der Waals surface area (Å²) in [5, 5.41) is 12.6. The lowest BCUT2D eigenvalue weighted by Crippen LogP contribution is -2.48. The largest absolute Gasteiger partial charge is 0.353 e. The molecule has 0 atom stereocenters. The number of hydrogen-bond acceptors (Lipinski definition) is 6. The predicted octanol–water partition coefficient (Wildman–Crippen LogP) is 3.11. The van der Waals surface area contributed by atoms with Gasteiger partial charge in [-0.05, 0) is 35.7 Å². The average molecular weight is 568 g/mol. The van der Waals surface area contributed by atoms with Crippen LogP contribution in [-0.2, 0) is 27.5 Å². The van der Waals surface area contributed by atoms with Gasteiger partial charge in [-0.3, -0.25) is 19.4 Å². The predicted molar refractivity (Wildman–Crippen MR) is 157 cm³/mol. The molecule has 0 saturated carbocycles. The normalized spacial score (nSPS) is 12.2. The van der Waals surface area contributed by atoms with E-state index in [0.29, 0.717) is 37.9 Å². The highest BCUT2D eigenvalue weighted by atomic mass is 35.5. The zero-order chi connectivity index (χ0) is 26.2. The van der Waals surface area contributed by atoms with Crippen molar-refractivity contribution in [2.24, 2.45) is 0 Å². The number of hydrazine groups is 1. The molecule has 3 N–H and O–H groups in total. The Balaban J connectivity index is 0.00000361. The Bertz CT molecular complexity index is 1070. The SMILES string of the molecule is CC(=O)Nc1ccc(C)c(N(CC(=O)NCCNC(C)C)CC(=O)N(C)N2Cc3ccccc3C2)c1.Cl.Cl. The van der Waals surface area contributed by atoms with Gasteiger partial charge in [0, 0.05) is 57.6 Å². The first-order valence-corrected chi connectivity index (χ1v) is 12.4. The molecular weight excluding hydrogens is 527 g/mol. The van der Waals surface area contributed by atoms with Gasteiger partial charge >= 0.3 is 0 Å². The van der Waals surface area contributed by atoms with Crippen molar-refractivity contribution in [1.82, 2.24) is 20.7 Å². The Morgan fingerprint density at radius 2 is 1.61 bits per heavy atom. The number of nitrogens with one attached hydrogen (secondary N) is 3. The van der Waals surface area contributed by atoms with Gasteiger partial charge in [0.15, 0.2) is 0 Å². The van der Waals surface area contributed by atoms with Gasteiger partial charge in [0.1, 0.15) is 0 Å². The van der Waals surface area contributed by atoms with Crippen LogP contribution in [0.5, 0.6) is 0 Å². The minimum absolute atomic E-state index is 0. The fraction of sp³-hybridized carbons (Fsp3) is 0.444. The van der Waals surface area contributed by atoms with Crippen molar-refractivity contribution >= 4 is 53.9 Å². The topological polar surface area (TPSA) is 97.0 Å². The summed E-state index contributed by atoms with van der Waals surface area (Å²) in [6, 6.07) is 14.0. The maximum absolute atomic E-state index is 13.4. The maximum atomic E-state index is 13.4. The lowest BCUT2D eigenvalue weighted by Gasteiger charge is -2.32. The zero-order valence-electron chi connectivity index (χ0n) is 22.7. The summed E-state index contributed by atoms with van der Waals surface area (Å²) in [5.41, 5.74) is 4.67. The summed E-state index contributed by atoms with van der Waals surface area (Å²) in [7, 11) is 1.77. The Morgan fingerprint density at radius 1 is 0.974 bits per heavy atom. The number of amides is 3. The van der Waals surface area contributed by atoms with Gasteiger partial charge in [0.2, 0.25) is 11.8 Å². The molecule has 0 bridgehead atoms. The first-order chi connectivity index (χ1) is 17.1. The summed E-state index contributed by atoms with van der Waals surface area (Å²) in [6.45, 7) is 10.0. The first kappa shape index (κ1) is 33.2. The van der Waals surface area contributed by atoms with Crippen molar-refractivity contribution in [1.29, 1.82) is 0 Å². The van der Waals surface area contributed by atoms with Crippen LogP contribution in [0.15, 0.2) is 42.5 Å². The minimum atomic E-state index is -0.184. The number of aryl methyl sites for hydroxylation is 1. The number of carbonyl (C=O) groups is 3. The molecule has 0 aliphatic carbocycles. The van der Waals surface area contributed by atoms with Gasteiger partial charge < -0.3 is 20.9 Å². The molecule has 1 aliphatic rings. The van der Waals surface area contributed by atoms with E-state index in [1.165, 1.54) is 18.1 Å². The van der Waals surface area contributed by atoms with E-state index in [9.17, 15) is 14.4 Å². The molecule has 1 aliphatic heterocycles. The number of nitrogens with zero attached hydrogens (tertiary/aromatic N) is 3. The molecular formula is C27H40Cl2N6O3. The molecule has 0 radical (unpaired) electrons. The highest BCUT2D eigenvalue weighted by molar-refractivity contribution is 5.91. The van der Waals surface area contributed by atoms with Crippen molar-refractivity contribution in [2.45, 2.75) is 46.8 Å². The van der Waals surface area contributed by atoms with Gasteiger partial charge in [-0.15, -0.1) is 24.8 Å². The summed E-state index contributed by atoms with van der Waals surface area (Å²) >= 11 is 0. The molecule has 3 rings (SSSR count). The van der Waals surface area contributed by atoms with Crippen LogP contribution in [0.4, 0.5) is 11.4 Å². The quantitative estimate of drug-likeness (QED) is 0.361. The van der Waals surface area contributed by atoms with Crippen LogP contribution in [0.3, 0.4) is 0 Å². The third-order valence-electron chi connectivity index (χ3n) is 6.14. The van der Waals surface area contributed by atoms with E-state index in [0.717, 1.165) is 11.3 Å². The van der Waals surface area contributed by atoms with Crippen LogP contribution in [0.2, 0.25) is 0 Å². The Morgan fingerprint density at radius 3 is 2.18 bits per heavy atom. The number of rotatable bonds is 11. The van der Waals surface area contributed by atoms with Crippen molar-refractivity contribution in [3.63, 3.8) is 0 Å². The van der Waals surface area contributed by atoms with E-state index in [1.807, 2.05) is 42.3 Å². The molecule has 38 heavy (non-hydrogen) atoms. The van der Waals surface area contributed by atoms with E-state index >= 15 is 0 Å². The Kier molecular flexibility index (Phi) is 13.6. The molecule has 0 unspecified atom stereocenters. The molecule has 0 spiro atoms. The van der Waals surface area contributed by atoms with Gasteiger partial charge in [0.05, 0.1) is 13.1 Å². The highest BCUT2D eigenvalue weighted by Crippen LogP contribution is 2.26. The van der Waals surface area contributed by atoms with Crippen LogP contribution in [0, 0.1) is 6.92 Å². The summed E-state index contributed by atoms with van der Waals surface area (Å²) < 4.78 is 0. The van der Waals surface area contributed by atoms with Gasteiger partial charge in [-0.25, -0.2) is 5.01 Å². The van der Waals surface area contributed by atoms with E-state index in [1.54, 1.807) is 17.0 Å². The fourth-order valence-corrected chi connectivity index (χ4v) is 4.20. The van der Waals surface area contributed by atoms with Crippen LogP contribution in [0.1, 0.15) is 37.5 Å². The molecule has 210 valence electrons. The molecule has 2 aromatic rings. The van der Waals surface area contributed by atoms with E-state index in [2.05, 4.69) is 41.9 Å². The molecule has 0 aromatic heterocycles. The van der Waals surface area contributed by atoms with Crippen molar-refractivity contribution in [3.05, 3.63) is 59.2 Å². The zero-order valence-corrected chi connectivity index (χ0v) is 24.4. The third-order valence-corrected chi connectivity index (χ3v) is 6.14. The van der Waals surface area contributed by atoms with Gasteiger partial charge in [0.25, 0.3) is 5.91 Å². The second-order valence-electron chi connectivity index (χ2n) is 9.51. The van der Waals surface area contributed by atoms with E-state index in [-0.39, 0.29) is 55.6 Å². The molecule has 0 saturated heterocycles. The molecule has 0 fully saturated rings.